The number of aryl methyl sites for hydroxylation is 1. The Kier molecular flexibility index (Phi) is 10.1. The van der Waals surface area contributed by atoms with Crippen LogP contribution in [0.1, 0.15) is 99.0 Å². The Hall–Kier alpha value is -5.46. The normalized spacial score (nSPS) is 24.2. The minimum atomic E-state index is -1.32. The summed E-state index contributed by atoms with van der Waals surface area (Å²) in [6.07, 6.45) is 13.0. The molecule has 0 radical (unpaired) electrons. The predicted molar refractivity (Wildman–Crippen MR) is 241 cm³/mol. The van der Waals surface area contributed by atoms with E-state index in [-0.39, 0.29) is 17.6 Å². The smallest absolute Gasteiger partial charge is 0.253 e. The lowest BCUT2D eigenvalue weighted by Crippen LogP contribution is -2.51. The number of aromatic hydroxyl groups is 1. The van der Waals surface area contributed by atoms with Gasteiger partial charge in [-0.05, 0) is 117 Å². The molecule has 1 amide bonds. The molecule has 11 nitrogen and oxygen atoms in total. The van der Waals surface area contributed by atoms with E-state index < -0.39 is 18.8 Å². The molecule has 3 aromatic carbocycles. The molecule has 0 bridgehead atoms. The van der Waals surface area contributed by atoms with E-state index in [4.69, 9.17) is 8.48 Å². The van der Waals surface area contributed by atoms with Crippen molar-refractivity contribution in [2.45, 2.75) is 81.8 Å². The zero-order valence-electron chi connectivity index (χ0n) is 37.0. The van der Waals surface area contributed by atoms with Crippen LogP contribution in [0.2, 0.25) is 0 Å². The Morgan fingerprint density at radius 3 is 2.54 bits per heavy atom. The van der Waals surface area contributed by atoms with Crippen LogP contribution in [0, 0.1) is 6.92 Å². The number of nitrogens with zero attached hydrogens (tertiary/aromatic N) is 7. The van der Waals surface area contributed by atoms with Crippen molar-refractivity contribution < 1.29 is 17.0 Å². The molecule has 2 aromatic heterocycles. The Morgan fingerprint density at radius 2 is 1.77 bits per heavy atom. The van der Waals surface area contributed by atoms with E-state index in [1.165, 1.54) is 34.9 Å². The number of nitrogen functional groups attached to an aromatic ring is 1. The molecule has 61 heavy (non-hydrogen) atoms. The second-order valence-electron chi connectivity index (χ2n) is 18.0. The van der Waals surface area contributed by atoms with Gasteiger partial charge in [0.05, 0.1) is 19.4 Å². The lowest BCUT2D eigenvalue weighted by Gasteiger charge is -2.41. The Labute approximate surface area is 360 Å². The first-order valence-electron chi connectivity index (χ1n) is 23.3. The largest absolute Gasteiger partial charge is 0.507 e. The van der Waals surface area contributed by atoms with Crippen molar-refractivity contribution in [3.05, 3.63) is 107 Å². The van der Waals surface area contributed by atoms with Gasteiger partial charge in [-0.15, -0.1) is 10.2 Å². The van der Waals surface area contributed by atoms with E-state index in [0.29, 0.717) is 67.1 Å². The number of phenolic OH excluding ortho intramolecular Hbond substituents is 1. The maximum Gasteiger partial charge on any atom is 0.253 e. The molecule has 0 spiro atoms. The molecular formula is C49H58FN9O2. The Morgan fingerprint density at radius 1 is 0.951 bits per heavy atom. The van der Waals surface area contributed by atoms with Crippen LogP contribution in [0.3, 0.4) is 0 Å². The van der Waals surface area contributed by atoms with Crippen molar-refractivity contribution in [2.24, 2.45) is 0 Å². The molecule has 4 fully saturated rings. The Bertz CT molecular complexity index is 2530. The fourth-order valence-electron chi connectivity index (χ4n) is 10.4. The maximum absolute atomic E-state index is 16.5. The summed E-state index contributed by atoms with van der Waals surface area (Å²) in [5.74, 6) is 1.28. The molecule has 3 saturated heterocycles. The molecule has 2 unspecified atom stereocenters. The van der Waals surface area contributed by atoms with Crippen molar-refractivity contribution in [1.29, 1.82) is 0 Å². The highest BCUT2D eigenvalue weighted by Crippen LogP contribution is 2.46. The summed E-state index contributed by atoms with van der Waals surface area (Å²) in [5, 5.41) is 23.1. The van der Waals surface area contributed by atoms with E-state index in [1.807, 2.05) is 46.3 Å². The summed E-state index contributed by atoms with van der Waals surface area (Å²) < 4.78 is 35.4. The van der Waals surface area contributed by atoms with Crippen molar-refractivity contribution in [1.82, 2.24) is 29.9 Å². The number of aromatic nitrogens is 3. The number of halogens is 1. The number of carbonyl (C=O) groups excluding carboxylic acids is 1. The number of fused-ring (bicyclic) bond motifs is 1. The molecular weight excluding hydrogens is 766 g/mol. The number of benzene rings is 3. The third kappa shape index (κ3) is 8.08. The van der Waals surface area contributed by atoms with Gasteiger partial charge in [0, 0.05) is 119 Å². The van der Waals surface area contributed by atoms with Crippen LogP contribution in [0.5, 0.6) is 5.75 Å². The van der Waals surface area contributed by atoms with Crippen LogP contribution in [-0.2, 0) is 0 Å². The van der Waals surface area contributed by atoms with Gasteiger partial charge in [-0.3, -0.25) is 10.1 Å². The number of hydrogen-bond acceptors (Lipinski definition) is 9. The van der Waals surface area contributed by atoms with E-state index in [2.05, 4.69) is 67.3 Å². The average Bonchev–Trinajstić information content (AvgIpc) is 4.07. The van der Waals surface area contributed by atoms with Gasteiger partial charge in [0.25, 0.3) is 5.91 Å². The number of hydrogen-bond donors (Lipinski definition) is 3. The Balaban J connectivity index is 0.739. The van der Waals surface area contributed by atoms with Gasteiger partial charge in [0.1, 0.15) is 11.4 Å². The highest BCUT2D eigenvalue weighted by Gasteiger charge is 2.39. The zero-order chi connectivity index (χ0) is 43.4. The molecule has 3 atom stereocenters. The monoisotopic (exact) mass is 825 g/mol. The topological polar surface area (TPSA) is 119 Å². The van der Waals surface area contributed by atoms with Crippen LogP contribution in [-0.4, -0.2) is 100 Å². The molecule has 5 aromatic rings. The third-order valence-corrected chi connectivity index (χ3v) is 13.9. The molecule has 318 valence electrons. The fraction of sp³-hybridized carbons (Fsp3) is 0.449. The first-order valence-corrected chi connectivity index (χ1v) is 22.2. The third-order valence-electron chi connectivity index (χ3n) is 13.9. The summed E-state index contributed by atoms with van der Waals surface area (Å²) >= 11 is 0. The van der Waals surface area contributed by atoms with Crippen LogP contribution in [0.25, 0.3) is 22.2 Å². The van der Waals surface area contributed by atoms with Gasteiger partial charge in [-0.2, -0.15) is 0 Å². The lowest BCUT2D eigenvalue weighted by atomic mass is 9.86. The number of piperidine rings is 3. The summed E-state index contributed by atoms with van der Waals surface area (Å²) in [7, 11) is 0. The van der Waals surface area contributed by atoms with Crippen molar-refractivity contribution in [3.8, 4) is 17.0 Å². The highest BCUT2D eigenvalue weighted by atomic mass is 19.1. The van der Waals surface area contributed by atoms with E-state index in [0.717, 1.165) is 68.8 Å². The second kappa shape index (κ2) is 16.4. The van der Waals surface area contributed by atoms with E-state index in [1.54, 1.807) is 18.2 Å². The van der Waals surface area contributed by atoms with Crippen LogP contribution >= 0.6 is 0 Å². The number of rotatable bonds is 9. The fourth-order valence-corrected chi connectivity index (χ4v) is 10.4. The SMILES string of the molecule is [2H]C1C=CN(c2ccc3c(c2)c(C2CC2)cn3C2CCN(CC3(F)CCN(C(=O)c4ccc(C5CCCN(c6cc(-c7ccccc7O)nnc6N)C5)c(C)c4)CC3)CC2)[C@@H]([2H])N1. The van der Waals surface area contributed by atoms with Crippen LogP contribution in [0.4, 0.5) is 21.6 Å². The molecule has 12 heteroatoms. The number of anilines is 3. The summed E-state index contributed by atoms with van der Waals surface area (Å²) in [6, 6.07) is 21.9. The van der Waals surface area contributed by atoms with Crippen molar-refractivity contribution in [2.75, 3.05) is 74.5 Å². The standard InChI is InChI=1S/C49H58FN9O2/c1-33-26-35(11-13-39(33)36-6-4-20-57(29-36)45-28-43(53-54-47(45)51)40-7-2-3-8-46(40)60)48(61)56-24-17-49(50,18-25-56)31-55-22-15-37(16-23-55)59-30-42(34-9-10-34)41-27-38(12-14-44(41)59)58-21-5-19-52-32-58/h2-3,5,7-8,11-14,21,26-28,30,34,36-37,52,60H,4,6,9-10,15-20,22-25,29,31-32H2,1H3,(H2,51,54)/i19D,32D/t19?,32-,36?/m0/s1. The molecule has 10 rings (SSSR count). The number of alkyl halides is 1. The van der Waals surface area contributed by atoms with E-state index in [9.17, 15) is 9.90 Å². The maximum atomic E-state index is 16.5. The van der Waals surface area contributed by atoms with Crippen molar-refractivity contribution in [3.63, 3.8) is 0 Å². The number of para-hydroxylation sites is 1. The molecule has 4 N–H and O–H groups in total. The molecule has 4 aliphatic heterocycles. The summed E-state index contributed by atoms with van der Waals surface area (Å²) in [6.45, 7) is 5.27. The second-order valence-corrected chi connectivity index (χ2v) is 18.0. The van der Waals surface area contributed by atoms with Gasteiger partial charge in [0.2, 0.25) is 0 Å². The summed E-state index contributed by atoms with van der Waals surface area (Å²) in [5.41, 5.74) is 13.5. The van der Waals surface area contributed by atoms with Crippen molar-refractivity contribution >= 4 is 34.0 Å². The summed E-state index contributed by atoms with van der Waals surface area (Å²) in [4.78, 5) is 22.1. The average molecular weight is 826 g/mol. The molecule has 6 heterocycles. The minimum Gasteiger partial charge on any atom is -0.507 e. The highest BCUT2D eigenvalue weighted by molar-refractivity contribution is 5.94. The zero-order valence-corrected chi connectivity index (χ0v) is 35.0. The van der Waals surface area contributed by atoms with Crippen LogP contribution in [0.15, 0.2) is 85.2 Å². The minimum absolute atomic E-state index is 0.0354. The van der Waals surface area contributed by atoms with Gasteiger partial charge in [-0.1, -0.05) is 24.3 Å². The number of amides is 1. The first kappa shape index (κ1) is 37.3. The van der Waals surface area contributed by atoms with Gasteiger partial charge in [-0.25, -0.2) is 4.39 Å². The number of phenols is 1. The number of carbonyl (C=O) groups is 1. The molecule has 1 aliphatic carbocycles. The number of nitrogens with two attached hydrogens (primary N) is 1. The quantitative estimate of drug-likeness (QED) is 0.136. The van der Waals surface area contributed by atoms with Crippen LogP contribution < -0.4 is 20.9 Å². The van der Waals surface area contributed by atoms with Gasteiger partial charge in [0.15, 0.2) is 5.82 Å². The molecule has 1 saturated carbocycles. The van der Waals surface area contributed by atoms with Gasteiger partial charge >= 0.3 is 0 Å². The lowest BCUT2D eigenvalue weighted by molar-refractivity contribution is 0.0158. The van der Waals surface area contributed by atoms with E-state index >= 15 is 4.39 Å². The first-order chi connectivity index (χ1) is 30.5. The number of likely N-dealkylation sites (tertiary alicyclic amines) is 2. The van der Waals surface area contributed by atoms with Gasteiger partial charge < -0.3 is 35.0 Å². The predicted octanol–water partition coefficient (Wildman–Crippen LogP) is 8.12. The number of nitrogens with one attached hydrogen (secondary N) is 1. The molecule has 5 aliphatic rings.